The van der Waals surface area contributed by atoms with E-state index in [0.717, 1.165) is 0 Å². The molecule has 11 heavy (non-hydrogen) atoms. The van der Waals surface area contributed by atoms with Gasteiger partial charge in [0.25, 0.3) is 0 Å². The lowest BCUT2D eigenvalue weighted by atomic mass is 10.2. The van der Waals surface area contributed by atoms with Gasteiger partial charge < -0.3 is 15.5 Å². The molecule has 0 aliphatic carbocycles. The summed E-state index contributed by atoms with van der Waals surface area (Å²) in [5, 5.41) is 0. The lowest BCUT2D eigenvalue weighted by Gasteiger charge is -2.07. The van der Waals surface area contributed by atoms with Gasteiger partial charge in [0.15, 0.2) is 5.78 Å². The lowest BCUT2D eigenvalue weighted by Crippen LogP contribution is -2.31. The quantitative estimate of drug-likeness (QED) is 0.506. The predicted molar refractivity (Wildman–Crippen MR) is 40.2 cm³/mol. The molecule has 0 saturated carbocycles. The second-order valence-corrected chi connectivity index (χ2v) is 3.95. The summed E-state index contributed by atoms with van der Waals surface area (Å²) in [5.74, 6) is -0.583. The van der Waals surface area contributed by atoms with Gasteiger partial charge in [-0.1, -0.05) is 6.92 Å². The maximum absolute atomic E-state index is 10.8. The van der Waals surface area contributed by atoms with E-state index in [1.165, 1.54) is 0 Å². The molecule has 1 atom stereocenters. The van der Waals surface area contributed by atoms with Gasteiger partial charge in [0.1, 0.15) is 6.16 Å². The second kappa shape index (κ2) is 3.97. The first-order valence-electron chi connectivity index (χ1n) is 3.19. The highest BCUT2D eigenvalue weighted by molar-refractivity contribution is 7.52. The second-order valence-electron chi connectivity index (χ2n) is 2.30. The molecular formula is C5H12NO4P. The van der Waals surface area contributed by atoms with E-state index < -0.39 is 25.6 Å². The molecule has 0 heterocycles. The Morgan fingerprint density at radius 1 is 1.64 bits per heavy atom. The molecule has 0 saturated heterocycles. The van der Waals surface area contributed by atoms with Crippen molar-refractivity contribution >= 4 is 13.4 Å². The van der Waals surface area contributed by atoms with Crippen molar-refractivity contribution in [1.29, 1.82) is 0 Å². The van der Waals surface area contributed by atoms with Gasteiger partial charge in [-0.2, -0.15) is 0 Å². The number of hydrogen-bond donors (Lipinski definition) is 3. The summed E-state index contributed by atoms with van der Waals surface area (Å²) in [6.45, 7) is 1.68. The summed E-state index contributed by atoms with van der Waals surface area (Å²) in [6.07, 6.45) is -0.346. The van der Waals surface area contributed by atoms with E-state index in [2.05, 4.69) is 0 Å². The molecule has 0 aromatic heterocycles. The number of Topliss-reactive ketones (excluding diaryl/α,β-unsaturated/α-hetero) is 1. The largest absolute Gasteiger partial charge is 0.332 e. The highest BCUT2D eigenvalue weighted by Crippen LogP contribution is 2.34. The lowest BCUT2D eigenvalue weighted by molar-refractivity contribution is -0.118. The van der Waals surface area contributed by atoms with E-state index in [1.54, 1.807) is 6.92 Å². The van der Waals surface area contributed by atoms with Crippen LogP contribution in [0.3, 0.4) is 0 Å². The van der Waals surface area contributed by atoms with Crippen molar-refractivity contribution in [2.45, 2.75) is 19.4 Å². The van der Waals surface area contributed by atoms with Crippen LogP contribution < -0.4 is 5.73 Å². The average molecular weight is 181 g/mol. The van der Waals surface area contributed by atoms with E-state index >= 15 is 0 Å². The number of nitrogens with two attached hydrogens (primary N) is 1. The van der Waals surface area contributed by atoms with Crippen LogP contribution in [0.4, 0.5) is 0 Å². The maximum atomic E-state index is 10.8. The average Bonchev–Trinajstić information content (AvgIpc) is 1.82. The molecule has 0 aromatic rings. The van der Waals surface area contributed by atoms with Gasteiger partial charge in [-0.05, 0) is 6.42 Å². The predicted octanol–water partition coefficient (Wildman–Crippen LogP) is -0.529. The van der Waals surface area contributed by atoms with E-state index in [0.29, 0.717) is 6.42 Å². The fourth-order valence-electron chi connectivity index (χ4n) is 0.548. The number of carbonyl (C=O) groups excluding carboxylic acids is 1. The molecule has 0 spiro atoms. The van der Waals surface area contributed by atoms with Crippen LogP contribution in [0.1, 0.15) is 13.3 Å². The van der Waals surface area contributed by atoms with Crippen LogP contribution >= 0.6 is 7.60 Å². The van der Waals surface area contributed by atoms with Crippen LogP contribution in [0, 0.1) is 0 Å². The molecule has 0 aliphatic heterocycles. The van der Waals surface area contributed by atoms with E-state index in [4.69, 9.17) is 15.5 Å². The van der Waals surface area contributed by atoms with Gasteiger partial charge in [-0.15, -0.1) is 0 Å². The fraction of sp³-hybridized carbons (Fsp3) is 0.800. The summed E-state index contributed by atoms with van der Waals surface area (Å²) in [7, 11) is -4.22. The monoisotopic (exact) mass is 181 g/mol. The molecule has 0 radical (unpaired) electrons. The Kier molecular flexibility index (Phi) is 3.89. The standard InChI is InChI=1S/C5H12NO4P/c1-2-4(6)5(7)3-11(8,9)10/h4H,2-3,6H2,1H3,(H2,8,9,10)/t4-/m1/s1. The topological polar surface area (TPSA) is 101 Å². The Hall–Kier alpha value is -0.220. The Labute approximate surface area is 64.8 Å². The van der Waals surface area contributed by atoms with Crippen molar-refractivity contribution < 1.29 is 19.1 Å². The molecule has 4 N–H and O–H groups in total. The van der Waals surface area contributed by atoms with Crippen molar-refractivity contribution in [2.24, 2.45) is 5.73 Å². The van der Waals surface area contributed by atoms with Crippen molar-refractivity contribution in [3.8, 4) is 0 Å². The Bertz CT molecular complexity index is 187. The molecule has 0 aromatic carbocycles. The van der Waals surface area contributed by atoms with Crippen LogP contribution in [0.25, 0.3) is 0 Å². The maximum Gasteiger partial charge on any atom is 0.332 e. The summed E-state index contributed by atoms with van der Waals surface area (Å²) in [4.78, 5) is 27.5. The molecule has 0 rings (SSSR count). The highest BCUT2D eigenvalue weighted by Gasteiger charge is 2.22. The SMILES string of the molecule is CC[C@@H](N)C(=O)CP(=O)(O)O. The molecule has 6 heteroatoms. The molecule has 0 amide bonds. The molecule has 66 valence electrons. The van der Waals surface area contributed by atoms with Gasteiger partial charge in [0, 0.05) is 0 Å². The molecule has 5 nitrogen and oxygen atoms in total. The zero-order valence-corrected chi connectivity index (χ0v) is 7.12. The third-order valence-electron chi connectivity index (χ3n) is 1.22. The number of rotatable bonds is 4. The molecule has 0 fully saturated rings. The number of ketones is 1. The third kappa shape index (κ3) is 5.09. The van der Waals surface area contributed by atoms with Crippen molar-refractivity contribution in [3.63, 3.8) is 0 Å². The summed E-state index contributed by atoms with van der Waals surface area (Å²) < 4.78 is 10.3. The van der Waals surface area contributed by atoms with Gasteiger partial charge in [-0.3, -0.25) is 9.36 Å². The number of carbonyl (C=O) groups is 1. The summed E-state index contributed by atoms with van der Waals surface area (Å²) >= 11 is 0. The van der Waals surface area contributed by atoms with E-state index in [1.807, 2.05) is 0 Å². The van der Waals surface area contributed by atoms with Crippen LogP contribution in [0.15, 0.2) is 0 Å². The summed E-state index contributed by atoms with van der Waals surface area (Å²) in [5.41, 5.74) is 5.23. The normalized spacial score (nSPS) is 14.5. The summed E-state index contributed by atoms with van der Waals surface area (Å²) in [6, 6.07) is -0.748. The zero-order chi connectivity index (χ0) is 9.07. The van der Waals surface area contributed by atoms with Gasteiger partial charge in [-0.25, -0.2) is 0 Å². The minimum Gasteiger partial charge on any atom is -0.324 e. The minimum atomic E-state index is -4.22. The Morgan fingerprint density at radius 2 is 2.09 bits per heavy atom. The molecule has 0 unspecified atom stereocenters. The fourth-order valence-corrected chi connectivity index (χ4v) is 1.19. The van der Waals surface area contributed by atoms with Crippen LogP contribution in [0.5, 0.6) is 0 Å². The van der Waals surface area contributed by atoms with Crippen LogP contribution in [-0.4, -0.2) is 27.8 Å². The smallest absolute Gasteiger partial charge is 0.324 e. The zero-order valence-electron chi connectivity index (χ0n) is 6.23. The molecular weight excluding hydrogens is 169 g/mol. The first-order chi connectivity index (χ1) is 4.87. The van der Waals surface area contributed by atoms with Gasteiger partial charge >= 0.3 is 7.60 Å². The van der Waals surface area contributed by atoms with Gasteiger partial charge in [0.05, 0.1) is 6.04 Å². The first-order valence-corrected chi connectivity index (χ1v) is 4.99. The van der Waals surface area contributed by atoms with Crippen LogP contribution in [0.2, 0.25) is 0 Å². The van der Waals surface area contributed by atoms with Crippen molar-refractivity contribution in [1.82, 2.24) is 0 Å². The third-order valence-corrected chi connectivity index (χ3v) is 1.94. The highest BCUT2D eigenvalue weighted by atomic mass is 31.2. The van der Waals surface area contributed by atoms with Crippen LogP contribution in [-0.2, 0) is 9.36 Å². The van der Waals surface area contributed by atoms with E-state index in [9.17, 15) is 9.36 Å². The molecule has 0 aliphatic rings. The Morgan fingerprint density at radius 3 is 2.36 bits per heavy atom. The van der Waals surface area contributed by atoms with Crippen molar-refractivity contribution in [2.75, 3.05) is 6.16 Å². The minimum absolute atomic E-state index is 0.402. The van der Waals surface area contributed by atoms with E-state index in [-0.39, 0.29) is 0 Å². The Balaban J connectivity index is 3.99. The first kappa shape index (κ1) is 10.8. The number of hydrogen-bond acceptors (Lipinski definition) is 3. The van der Waals surface area contributed by atoms with Gasteiger partial charge in [0.2, 0.25) is 0 Å². The molecule has 0 bridgehead atoms. The van der Waals surface area contributed by atoms with Crippen molar-refractivity contribution in [3.05, 3.63) is 0 Å².